The lowest BCUT2D eigenvalue weighted by Gasteiger charge is -2.42. The van der Waals surface area contributed by atoms with Crippen LogP contribution in [0.2, 0.25) is 0 Å². The van der Waals surface area contributed by atoms with Crippen LogP contribution in [0, 0.1) is 0 Å². The van der Waals surface area contributed by atoms with Crippen molar-refractivity contribution in [2.24, 2.45) is 0 Å². The predicted molar refractivity (Wildman–Crippen MR) is 98.6 cm³/mol. The summed E-state index contributed by atoms with van der Waals surface area (Å²) in [6, 6.07) is 4.36. The molecule has 2 saturated heterocycles. The largest absolute Gasteiger partial charge is 0.471 e. The first-order valence-electron chi connectivity index (χ1n) is 10.1. The van der Waals surface area contributed by atoms with Gasteiger partial charge in [-0.25, -0.2) is 0 Å². The van der Waals surface area contributed by atoms with Gasteiger partial charge in [0, 0.05) is 37.2 Å². The van der Waals surface area contributed by atoms with E-state index in [9.17, 15) is 22.8 Å². The Bertz CT molecular complexity index is 1040. The van der Waals surface area contributed by atoms with Crippen LogP contribution < -0.4 is 0 Å². The van der Waals surface area contributed by atoms with Crippen LogP contribution in [0.4, 0.5) is 13.2 Å². The van der Waals surface area contributed by atoms with E-state index in [0.29, 0.717) is 44.7 Å². The summed E-state index contributed by atoms with van der Waals surface area (Å²) in [5.41, 5.74) is 1.40. The number of aromatic nitrogens is 2. The van der Waals surface area contributed by atoms with Gasteiger partial charge in [-0.05, 0) is 24.5 Å². The van der Waals surface area contributed by atoms with E-state index in [2.05, 4.69) is 14.7 Å². The van der Waals surface area contributed by atoms with Crippen molar-refractivity contribution in [2.75, 3.05) is 19.8 Å². The van der Waals surface area contributed by atoms with E-state index >= 15 is 0 Å². The van der Waals surface area contributed by atoms with Crippen LogP contribution in [-0.4, -0.2) is 63.6 Å². The molecule has 2 amide bonds. The molecule has 0 bridgehead atoms. The smallest absolute Gasteiger partial charge is 0.379 e. The molecular weight excluding hydrogens is 417 g/mol. The van der Waals surface area contributed by atoms with Crippen molar-refractivity contribution in [3.63, 3.8) is 0 Å². The number of benzene rings is 1. The van der Waals surface area contributed by atoms with Crippen LogP contribution in [-0.2, 0) is 22.3 Å². The molecule has 3 aliphatic rings. The lowest BCUT2D eigenvalue weighted by Crippen LogP contribution is -2.57. The molecule has 0 unspecified atom stereocenters. The van der Waals surface area contributed by atoms with E-state index < -0.39 is 12.1 Å². The number of likely N-dealkylation sites (tertiary alicyclic amines) is 1. The van der Waals surface area contributed by atoms with Crippen molar-refractivity contribution in [1.29, 1.82) is 0 Å². The second-order valence-corrected chi connectivity index (χ2v) is 7.91. The summed E-state index contributed by atoms with van der Waals surface area (Å²) in [5.74, 6) is -1.82. The molecule has 5 rings (SSSR count). The third kappa shape index (κ3) is 3.46. The molecule has 0 aliphatic carbocycles. The number of amides is 2. The highest BCUT2D eigenvalue weighted by molar-refractivity contribution is 5.99. The summed E-state index contributed by atoms with van der Waals surface area (Å²) in [6.45, 7) is 1.89. The zero-order valence-electron chi connectivity index (χ0n) is 16.4. The summed E-state index contributed by atoms with van der Waals surface area (Å²) in [5, 5.41) is 3.39. The monoisotopic (exact) mass is 436 g/mol. The number of carbonyl (C=O) groups excluding carboxylic acids is 2. The summed E-state index contributed by atoms with van der Waals surface area (Å²) in [4.78, 5) is 32.4. The molecule has 1 aromatic heterocycles. The van der Waals surface area contributed by atoms with Crippen molar-refractivity contribution in [2.45, 2.75) is 44.1 Å². The third-order valence-electron chi connectivity index (χ3n) is 6.07. The molecule has 8 nitrogen and oxygen atoms in total. The van der Waals surface area contributed by atoms with E-state index in [0.717, 1.165) is 12.0 Å². The lowest BCUT2D eigenvalue weighted by atomic mass is 10.00. The summed E-state index contributed by atoms with van der Waals surface area (Å²) in [7, 11) is 0. The van der Waals surface area contributed by atoms with Crippen LogP contribution in [0.15, 0.2) is 22.7 Å². The number of nitrogens with zero attached hydrogens (tertiary/aromatic N) is 4. The predicted octanol–water partition coefficient (Wildman–Crippen LogP) is 2.49. The number of hydrogen-bond acceptors (Lipinski definition) is 6. The maximum absolute atomic E-state index is 13.2. The van der Waals surface area contributed by atoms with Gasteiger partial charge in [-0.15, -0.1) is 0 Å². The van der Waals surface area contributed by atoms with E-state index in [1.165, 1.54) is 6.07 Å². The number of alkyl halides is 3. The van der Waals surface area contributed by atoms with Crippen LogP contribution in [0.5, 0.6) is 0 Å². The molecule has 0 spiro atoms. The minimum atomic E-state index is -4.74. The minimum Gasteiger partial charge on any atom is -0.379 e. The van der Waals surface area contributed by atoms with E-state index in [1.54, 1.807) is 17.0 Å². The van der Waals surface area contributed by atoms with E-state index in [1.807, 2.05) is 4.90 Å². The van der Waals surface area contributed by atoms with Crippen molar-refractivity contribution < 1.29 is 32.0 Å². The zero-order valence-corrected chi connectivity index (χ0v) is 16.4. The molecule has 2 aromatic rings. The Kier molecular flexibility index (Phi) is 4.72. The van der Waals surface area contributed by atoms with Gasteiger partial charge in [0.2, 0.25) is 11.7 Å². The number of halogens is 3. The standard InChI is InChI=1S/C20H19F3N4O4/c21-20(22,23)19-24-17(25-31-19)11-3-4-12-9-27(18(29)13(12)8-11)15-10-30-7-5-14(15)26-6-1-2-16(26)28/h3-4,8,14-15H,1-2,5-7,9-10H2/t14-,15-/m1/s1. The Labute approximate surface area is 174 Å². The fourth-order valence-electron chi connectivity index (χ4n) is 4.58. The number of carbonyl (C=O) groups is 2. The van der Waals surface area contributed by atoms with Crippen molar-refractivity contribution >= 4 is 11.8 Å². The van der Waals surface area contributed by atoms with Gasteiger partial charge < -0.3 is 19.1 Å². The first kappa shape index (κ1) is 20.0. The normalized spacial score (nSPS) is 24.2. The second-order valence-electron chi connectivity index (χ2n) is 7.91. The first-order valence-corrected chi connectivity index (χ1v) is 10.1. The molecule has 4 heterocycles. The van der Waals surface area contributed by atoms with E-state index in [-0.39, 0.29) is 35.3 Å². The van der Waals surface area contributed by atoms with Crippen LogP contribution in [0.1, 0.15) is 41.1 Å². The second kappa shape index (κ2) is 7.33. The first-order chi connectivity index (χ1) is 14.8. The molecule has 31 heavy (non-hydrogen) atoms. The molecule has 0 saturated carbocycles. The zero-order chi connectivity index (χ0) is 21.8. The number of rotatable bonds is 3. The van der Waals surface area contributed by atoms with Gasteiger partial charge in [0.25, 0.3) is 5.91 Å². The number of fused-ring (bicyclic) bond motifs is 1. The van der Waals surface area contributed by atoms with Gasteiger partial charge in [0.1, 0.15) is 0 Å². The average molecular weight is 436 g/mol. The van der Waals surface area contributed by atoms with Gasteiger partial charge in [0.05, 0.1) is 18.7 Å². The third-order valence-corrected chi connectivity index (χ3v) is 6.07. The Hall–Kier alpha value is -2.95. The van der Waals surface area contributed by atoms with Crippen LogP contribution >= 0.6 is 0 Å². The summed E-state index contributed by atoms with van der Waals surface area (Å²) < 4.78 is 48.2. The fraction of sp³-hybridized carbons (Fsp3) is 0.500. The SMILES string of the molecule is O=C1CCCN1[C@@H]1CCOC[C@H]1N1Cc2ccc(-c3noc(C(F)(F)F)n3)cc2C1=O. The highest BCUT2D eigenvalue weighted by Gasteiger charge is 2.43. The van der Waals surface area contributed by atoms with Crippen molar-refractivity contribution in [3.8, 4) is 11.4 Å². The Morgan fingerprint density at radius 1 is 1.13 bits per heavy atom. The molecule has 2 fully saturated rings. The van der Waals surface area contributed by atoms with Crippen molar-refractivity contribution in [1.82, 2.24) is 19.9 Å². The van der Waals surface area contributed by atoms with Gasteiger partial charge in [-0.2, -0.15) is 18.2 Å². The molecule has 0 radical (unpaired) electrons. The average Bonchev–Trinajstić information content (AvgIpc) is 3.47. The molecule has 3 aliphatic heterocycles. The molecule has 0 N–H and O–H groups in total. The highest BCUT2D eigenvalue weighted by atomic mass is 19.4. The Morgan fingerprint density at radius 3 is 2.68 bits per heavy atom. The number of ether oxygens (including phenoxy) is 1. The summed E-state index contributed by atoms with van der Waals surface area (Å²) >= 11 is 0. The highest BCUT2D eigenvalue weighted by Crippen LogP contribution is 2.34. The van der Waals surface area contributed by atoms with E-state index in [4.69, 9.17) is 4.74 Å². The fourth-order valence-corrected chi connectivity index (χ4v) is 4.58. The maximum Gasteiger partial charge on any atom is 0.471 e. The van der Waals surface area contributed by atoms with Gasteiger partial charge >= 0.3 is 12.1 Å². The topological polar surface area (TPSA) is 88.8 Å². The lowest BCUT2D eigenvalue weighted by molar-refractivity contribution is -0.159. The number of hydrogen-bond donors (Lipinski definition) is 0. The van der Waals surface area contributed by atoms with Gasteiger partial charge in [-0.3, -0.25) is 9.59 Å². The van der Waals surface area contributed by atoms with Crippen LogP contribution in [0.3, 0.4) is 0 Å². The molecular formula is C20H19F3N4O4. The molecule has 164 valence electrons. The molecule has 1 aromatic carbocycles. The molecule has 2 atom stereocenters. The van der Waals surface area contributed by atoms with Gasteiger partial charge in [0.15, 0.2) is 0 Å². The minimum absolute atomic E-state index is 0.0981. The maximum atomic E-state index is 13.2. The Balaban J connectivity index is 1.41. The quantitative estimate of drug-likeness (QED) is 0.735. The Morgan fingerprint density at radius 2 is 1.97 bits per heavy atom. The van der Waals surface area contributed by atoms with Gasteiger partial charge in [-0.1, -0.05) is 17.3 Å². The van der Waals surface area contributed by atoms with Crippen molar-refractivity contribution in [3.05, 3.63) is 35.2 Å². The molecule has 11 heteroatoms. The summed E-state index contributed by atoms with van der Waals surface area (Å²) in [6.07, 6.45) is -2.75. The van der Waals surface area contributed by atoms with Crippen LogP contribution in [0.25, 0.3) is 11.4 Å².